The summed E-state index contributed by atoms with van der Waals surface area (Å²) >= 11 is 0. The molecule has 3 heteroatoms. The summed E-state index contributed by atoms with van der Waals surface area (Å²) in [6.07, 6.45) is 4.94. The number of hydrogen-bond acceptors (Lipinski definition) is 2. The molecule has 2 aromatic carbocycles. The average Bonchev–Trinajstić information content (AvgIpc) is 3.13. The van der Waals surface area contributed by atoms with Crippen LogP contribution in [-0.4, -0.2) is 16.1 Å². The summed E-state index contributed by atoms with van der Waals surface area (Å²) < 4.78 is 2.37. The first-order valence-corrected chi connectivity index (χ1v) is 9.23. The third kappa shape index (κ3) is 2.50. The second-order valence-corrected chi connectivity index (χ2v) is 7.06. The Morgan fingerprint density at radius 1 is 1.08 bits per heavy atom. The lowest BCUT2D eigenvalue weighted by Gasteiger charge is -2.08. The van der Waals surface area contributed by atoms with Crippen molar-refractivity contribution in [3.05, 3.63) is 47.0 Å². The second-order valence-electron chi connectivity index (χ2n) is 7.06. The Labute approximate surface area is 147 Å². The number of carbonyl (C=O) groups excluding carboxylic acids is 2. The lowest BCUT2D eigenvalue weighted by atomic mass is 10.0. The van der Waals surface area contributed by atoms with Crippen molar-refractivity contribution < 1.29 is 9.59 Å². The van der Waals surface area contributed by atoms with E-state index in [2.05, 4.69) is 23.6 Å². The van der Waals surface area contributed by atoms with Gasteiger partial charge >= 0.3 is 0 Å². The van der Waals surface area contributed by atoms with Crippen LogP contribution in [0.2, 0.25) is 0 Å². The molecule has 0 radical (unpaired) electrons. The third-order valence-electron chi connectivity index (χ3n) is 5.43. The number of fused-ring (bicyclic) bond motifs is 5. The fraction of sp³-hybridized carbons (Fsp3) is 0.364. The quantitative estimate of drug-likeness (QED) is 0.468. The molecule has 0 saturated carbocycles. The van der Waals surface area contributed by atoms with Crippen LogP contribution in [0.1, 0.15) is 65.8 Å². The number of Topliss-reactive ketones (excluding diaryl/α,β-unsaturated/α-hetero) is 2. The van der Waals surface area contributed by atoms with Crippen molar-refractivity contribution in [1.82, 2.24) is 4.57 Å². The number of carbonyl (C=O) groups is 2. The largest absolute Gasteiger partial charge is 0.340 e. The standard InChI is InChI=1S/C22H23NO2/c1-3-4-5-12-23-19-9-6-15(14(2)24)13-18(19)22-17-8-11-21(25)16(17)7-10-20(22)23/h6-7,9-10,13H,3-5,8,11-12H2,1-2H3. The molecule has 0 N–H and O–H groups in total. The van der Waals surface area contributed by atoms with Crippen LogP contribution < -0.4 is 0 Å². The van der Waals surface area contributed by atoms with E-state index in [1.165, 1.54) is 34.8 Å². The number of ketones is 2. The number of hydrogen-bond donors (Lipinski definition) is 0. The minimum Gasteiger partial charge on any atom is -0.340 e. The SMILES string of the molecule is CCCCCn1c2ccc(C(C)=O)cc2c2c3c(ccc21)C(=O)CC3. The highest BCUT2D eigenvalue weighted by atomic mass is 16.1. The van der Waals surface area contributed by atoms with E-state index in [1.54, 1.807) is 6.92 Å². The highest BCUT2D eigenvalue weighted by molar-refractivity contribution is 6.16. The predicted molar refractivity (Wildman–Crippen MR) is 102 cm³/mol. The molecule has 0 bridgehead atoms. The van der Waals surface area contributed by atoms with Gasteiger partial charge in [0.15, 0.2) is 11.6 Å². The second kappa shape index (κ2) is 6.14. The molecule has 1 aromatic heterocycles. The Morgan fingerprint density at radius 2 is 1.88 bits per heavy atom. The predicted octanol–water partition coefficient (Wildman–Crippen LogP) is 5.32. The molecule has 3 aromatic rings. The van der Waals surface area contributed by atoms with Gasteiger partial charge in [0.2, 0.25) is 0 Å². The van der Waals surface area contributed by atoms with Gasteiger partial charge in [0, 0.05) is 45.9 Å². The molecule has 1 heterocycles. The number of unbranched alkanes of at least 4 members (excludes halogenated alkanes) is 2. The van der Waals surface area contributed by atoms with Crippen molar-refractivity contribution in [2.75, 3.05) is 0 Å². The summed E-state index contributed by atoms with van der Waals surface area (Å²) in [4.78, 5) is 24.0. The van der Waals surface area contributed by atoms with E-state index in [9.17, 15) is 9.59 Å². The van der Waals surface area contributed by atoms with Crippen molar-refractivity contribution in [1.29, 1.82) is 0 Å². The smallest absolute Gasteiger partial charge is 0.163 e. The highest BCUT2D eigenvalue weighted by Crippen LogP contribution is 2.37. The summed E-state index contributed by atoms with van der Waals surface area (Å²) in [5.41, 5.74) is 5.14. The van der Waals surface area contributed by atoms with E-state index < -0.39 is 0 Å². The van der Waals surface area contributed by atoms with Gasteiger partial charge in [0.25, 0.3) is 0 Å². The van der Waals surface area contributed by atoms with Crippen LogP contribution in [0.5, 0.6) is 0 Å². The lowest BCUT2D eigenvalue weighted by Crippen LogP contribution is -1.98. The minimum atomic E-state index is 0.0810. The van der Waals surface area contributed by atoms with E-state index in [-0.39, 0.29) is 11.6 Å². The number of rotatable bonds is 5. The Morgan fingerprint density at radius 3 is 2.64 bits per heavy atom. The van der Waals surface area contributed by atoms with Gasteiger partial charge in [-0.2, -0.15) is 0 Å². The van der Waals surface area contributed by atoms with E-state index in [1.807, 2.05) is 18.2 Å². The van der Waals surface area contributed by atoms with Crippen molar-refractivity contribution >= 4 is 33.4 Å². The number of aromatic nitrogens is 1. The third-order valence-corrected chi connectivity index (χ3v) is 5.43. The number of nitrogens with zero attached hydrogens (tertiary/aromatic N) is 1. The number of benzene rings is 2. The van der Waals surface area contributed by atoms with E-state index >= 15 is 0 Å². The topological polar surface area (TPSA) is 39.1 Å². The first-order valence-electron chi connectivity index (χ1n) is 9.23. The first kappa shape index (κ1) is 16.1. The van der Waals surface area contributed by atoms with Gasteiger partial charge in [0.05, 0.1) is 0 Å². The Kier molecular flexibility index (Phi) is 3.95. The number of aryl methyl sites for hydroxylation is 2. The van der Waals surface area contributed by atoms with Gasteiger partial charge in [-0.3, -0.25) is 9.59 Å². The maximum Gasteiger partial charge on any atom is 0.163 e. The zero-order chi connectivity index (χ0) is 17.6. The molecular weight excluding hydrogens is 310 g/mol. The van der Waals surface area contributed by atoms with Crippen LogP contribution in [0.15, 0.2) is 30.3 Å². The minimum absolute atomic E-state index is 0.0810. The highest BCUT2D eigenvalue weighted by Gasteiger charge is 2.24. The molecule has 1 aliphatic carbocycles. The fourth-order valence-corrected chi connectivity index (χ4v) is 4.14. The molecule has 25 heavy (non-hydrogen) atoms. The van der Waals surface area contributed by atoms with E-state index in [0.717, 1.165) is 35.9 Å². The molecule has 3 nitrogen and oxygen atoms in total. The fourth-order valence-electron chi connectivity index (χ4n) is 4.14. The van der Waals surface area contributed by atoms with Gasteiger partial charge in [-0.25, -0.2) is 0 Å². The van der Waals surface area contributed by atoms with Crippen LogP contribution in [0.3, 0.4) is 0 Å². The molecule has 0 fully saturated rings. The summed E-state index contributed by atoms with van der Waals surface area (Å²) in [5, 5.41) is 2.30. The normalized spacial score (nSPS) is 13.8. The van der Waals surface area contributed by atoms with Crippen LogP contribution in [0.4, 0.5) is 0 Å². The summed E-state index contributed by atoms with van der Waals surface area (Å²) in [6, 6.07) is 10.1. The van der Waals surface area contributed by atoms with Crippen LogP contribution in [0.25, 0.3) is 21.8 Å². The molecule has 0 unspecified atom stereocenters. The summed E-state index contributed by atoms with van der Waals surface area (Å²) in [6.45, 7) is 4.79. The molecular formula is C22H23NO2. The van der Waals surface area contributed by atoms with Crippen LogP contribution in [0, 0.1) is 0 Å². The molecule has 0 atom stereocenters. The Hall–Kier alpha value is -2.42. The zero-order valence-electron chi connectivity index (χ0n) is 14.9. The van der Waals surface area contributed by atoms with Gasteiger partial charge in [0.1, 0.15) is 0 Å². The molecule has 128 valence electrons. The molecule has 0 spiro atoms. The van der Waals surface area contributed by atoms with Gasteiger partial charge in [-0.1, -0.05) is 19.8 Å². The van der Waals surface area contributed by atoms with E-state index in [4.69, 9.17) is 0 Å². The van der Waals surface area contributed by atoms with Crippen molar-refractivity contribution in [3.63, 3.8) is 0 Å². The average molecular weight is 333 g/mol. The zero-order valence-corrected chi connectivity index (χ0v) is 14.9. The van der Waals surface area contributed by atoms with Gasteiger partial charge in [-0.15, -0.1) is 0 Å². The van der Waals surface area contributed by atoms with Gasteiger partial charge < -0.3 is 4.57 Å². The molecule has 0 aliphatic heterocycles. The summed E-state index contributed by atoms with van der Waals surface area (Å²) in [5.74, 6) is 0.323. The van der Waals surface area contributed by atoms with E-state index in [0.29, 0.717) is 6.42 Å². The van der Waals surface area contributed by atoms with Crippen LogP contribution in [-0.2, 0) is 13.0 Å². The van der Waals surface area contributed by atoms with Crippen molar-refractivity contribution in [3.8, 4) is 0 Å². The molecule has 0 saturated heterocycles. The maximum atomic E-state index is 12.2. The molecule has 0 amide bonds. The monoisotopic (exact) mass is 333 g/mol. The molecule has 4 rings (SSSR count). The van der Waals surface area contributed by atoms with Crippen molar-refractivity contribution in [2.45, 2.75) is 52.5 Å². The van der Waals surface area contributed by atoms with Crippen LogP contribution >= 0.6 is 0 Å². The van der Waals surface area contributed by atoms with Gasteiger partial charge in [-0.05, 0) is 55.7 Å². The molecule has 1 aliphatic rings. The maximum absolute atomic E-state index is 12.2. The lowest BCUT2D eigenvalue weighted by molar-refractivity contribution is 0.0991. The summed E-state index contributed by atoms with van der Waals surface area (Å²) in [7, 11) is 0. The Bertz CT molecular complexity index is 1010. The Balaban J connectivity index is 2.03. The first-order chi connectivity index (χ1) is 12.1. The van der Waals surface area contributed by atoms with Crippen molar-refractivity contribution in [2.24, 2.45) is 0 Å².